The van der Waals surface area contributed by atoms with E-state index < -0.39 is 0 Å². The van der Waals surface area contributed by atoms with Crippen LogP contribution in [-0.4, -0.2) is 11.9 Å². The number of carbonyl (C=O) groups is 1. The summed E-state index contributed by atoms with van der Waals surface area (Å²) in [5.41, 5.74) is 0. The Morgan fingerprint density at radius 3 is 2.67 bits per heavy atom. The lowest BCUT2D eigenvalue weighted by molar-refractivity contribution is -0.119. The minimum absolute atomic E-state index is 0.00319. The van der Waals surface area contributed by atoms with E-state index in [0.717, 1.165) is 12.8 Å². The zero-order valence-electron chi connectivity index (χ0n) is 6.11. The Bertz CT molecular complexity index is 90.9. The second kappa shape index (κ2) is 4.36. The fraction of sp³-hybridized carbons (Fsp3) is 0.714. The van der Waals surface area contributed by atoms with Crippen LogP contribution >= 0.6 is 0 Å². The van der Waals surface area contributed by atoms with Crippen molar-refractivity contribution in [3.63, 3.8) is 0 Å². The molecule has 0 aromatic carbocycles. The van der Waals surface area contributed by atoms with Gasteiger partial charge in [0.2, 0.25) is 5.91 Å². The van der Waals surface area contributed by atoms with Gasteiger partial charge in [-0.05, 0) is 13.3 Å². The molecule has 0 aromatic rings. The standard InChI is InChI=1S/C7H14NO/c1-4-5-6(2)8-7(3)9/h6H,2,4-5H2,1,3H3,(H,8,9). The quantitative estimate of drug-likeness (QED) is 0.606. The largest absolute Gasteiger partial charge is 0.354 e. The minimum Gasteiger partial charge on any atom is -0.354 e. The van der Waals surface area contributed by atoms with Crippen molar-refractivity contribution in [2.45, 2.75) is 32.7 Å². The Labute approximate surface area is 56.6 Å². The summed E-state index contributed by atoms with van der Waals surface area (Å²) < 4.78 is 0. The molecule has 2 nitrogen and oxygen atoms in total. The summed E-state index contributed by atoms with van der Waals surface area (Å²) in [6.07, 6.45) is 2.02. The lowest BCUT2D eigenvalue weighted by Crippen LogP contribution is -2.30. The Hall–Kier alpha value is -0.530. The van der Waals surface area contributed by atoms with Crippen LogP contribution in [0.2, 0.25) is 0 Å². The number of hydrogen-bond donors (Lipinski definition) is 1. The minimum atomic E-state index is 0.00319. The maximum atomic E-state index is 10.4. The van der Waals surface area contributed by atoms with Crippen LogP contribution in [0.3, 0.4) is 0 Å². The number of amides is 1. The van der Waals surface area contributed by atoms with Crippen LogP contribution in [0.5, 0.6) is 0 Å². The van der Waals surface area contributed by atoms with E-state index in [9.17, 15) is 4.79 Å². The molecule has 53 valence electrons. The highest BCUT2D eigenvalue weighted by Crippen LogP contribution is 1.92. The predicted octanol–water partition coefficient (Wildman–Crippen LogP) is 1.13. The van der Waals surface area contributed by atoms with Crippen LogP contribution in [0, 0.1) is 6.92 Å². The molecule has 0 aliphatic carbocycles. The summed E-state index contributed by atoms with van der Waals surface area (Å²) in [5.74, 6) is 0.00319. The topological polar surface area (TPSA) is 29.1 Å². The summed E-state index contributed by atoms with van der Waals surface area (Å²) in [5, 5.41) is 2.69. The Morgan fingerprint density at radius 1 is 1.78 bits per heavy atom. The number of nitrogens with one attached hydrogen (secondary N) is 1. The molecule has 1 N–H and O–H groups in total. The average molecular weight is 128 g/mol. The third-order valence-electron chi connectivity index (χ3n) is 1.04. The van der Waals surface area contributed by atoms with Gasteiger partial charge in [-0.3, -0.25) is 4.79 Å². The van der Waals surface area contributed by atoms with Gasteiger partial charge in [0.05, 0.1) is 0 Å². The van der Waals surface area contributed by atoms with Gasteiger partial charge in [-0.25, -0.2) is 0 Å². The van der Waals surface area contributed by atoms with Gasteiger partial charge in [-0.15, -0.1) is 0 Å². The van der Waals surface area contributed by atoms with Gasteiger partial charge in [0.15, 0.2) is 0 Å². The number of rotatable bonds is 3. The zero-order chi connectivity index (χ0) is 7.28. The monoisotopic (exact) mass is 128 g/mol. The van der Waals surface area contributed by atoms with E-state index in [1.807, 2.05) is 0 Å². The molecule has 9 heavy (non-hydrogen) atoms. The SMILES string of the molecule is [CH2]C(CCC)NC(C)=O. The molecule has 0 heterocycles. The van der Waals surface area contributed by atoms with Gasteiger partial charge >= 0.3 is 0 Å². The first-order valence-electron chi connectivity index (χ1n) is 3.27. The van der Waals surface area contributed by atoms with Gasteiger partial charge in [0.25, 0.3) is 0 Å². The molecular formula is C7H14NO. The third-order valence-corrected chi connectivity index (χ3v) is 1.04. The molecule has 1 atom stereocenters. The van der Waals surface area contributed by atoms with Gasteiger partial charge in [0.1, 0.15) is 0 Å². The van der Waals surface area contributed by atoms with Crippen LogP contribution < -0.4 is 5.32 Å². The van der Waals surface area contributed by atoms with Crippen LogP contribution in [0.4, 0.5) is 0 Å². The van der Waals surface area contributed by atoms with E-state index in [-0.39, 0.29) is 11.9 Å². The molecule has 2 heteroatoms. The van der Waals surface area contributed by atoms with Gasteiger partial charge in [0, 0.05) is 13.0 Å². The summed E-state index contributed by atoms with van der Waals surface area (Å²) >= 11 is 0. The highest BCUT2D eigenvalue weighted by Gasteiger charge is 1.99. The Morgan fingerprint density at radius 2 is 2.33 bits per heavy atom. The highest BCUT2D eigenvalue weighted by atomic mass is 16.1. The molecule has 0 spiro atoms. The van der Waals surface area contributed by atoms with Crippen molar-refractivity contribution in [1.82, 2.24) is 5.32 Å². The van der Waals surface area contributed by atoms with E-state index in [0.29, 0.717) is 0 Å². The molecule has 0 rings (SSSR count). The molecular weight excluding hydrogens is 114 g/mol. The van der Waals surface area contributed by atoms with E-state index in [1.165, 1.54) is 6.92 Å². The maximum Gasteiger partial charge on any atom is 0.217 e. The number of carbonyl (C=O) groups excluding carboxylic acids is 1. The van der Waals surface area contributed by atoms with Crippen molar-refractivity contribution in [1.29, 1.82) is 0 Å². The normalized spacial score (nSPS) is 12.8. The van der Waals surface area contributed by atoms with Crippen molar-refractivity contribution < 1.29 is 4.79 Å². The Balaban J connectivity index is 3.26. The van der Waals surface area contributed by atoms with Crippen LogP contribution in [0.1, 0.15) is 26.7 Å². The summed E-state index contributed by atoms with van der Waals surface area (Å²) in [6, 6.07) is 0.0903. The summed E-state index contributed by atoms with van der Waals surface area (Å²) in [7, 11) is 0. The second-order valence-electron chi connectivity index (χ2n) is 2.19. The van der Waals surface area contributed by atoms with Crippen molar-refractivity contribution >= 4 is 5.91 Å². The first kappa shape index (κ1) is 8.47. The van der Waals surface area contributed by atoms with Crippen molar-refractivity contribution in [3.05, 3.63) is 6.92 Å². The molecule has 0 fully saturated rings. The van der Waals surface area contributed by atoms with Gasteiger partial charge in [-0.2, -0.15) is 0 Å². The lowest BCUT2D eigenvalue weighted by atomic mass is 10.2. The fourth-order valence-corrected chi connectivity index (χ4v) is 0.708. The average Bonchev–Trinajstić information content (AvgIpc) is 1.63. The second-order valence-corrected chi connectivity index (χ2v) is 2.19. The van der Waals surface area contributed by atoms with Crippen molar-refractivity contribution in [3.8, 4) is 0 Å². The van der Waals surface area contributed by atoms with E-state index in [2.05, 4.69) is 19.2 Å². The first-order chi connectivity index (χ1) is 4.16. The van der Waals surface area contributed by atoms with Crippen LogP contribution in [0.25, 0.3) is 0 Å². The highest BCUT2D eigenvalue weighted by molar-refractivity contribution is 5.73. The molecule has 0 saturated carbocycles. The van der Waals surface area contributed by atoms with Gasteiger partial charge < -0.3 is 5.32 Å². The van der Waals surface area contributed by atoms with Crippen molar-refractivity contribution in [2.24, 2.45) is 0 Å². The summed E-state index contributed by atoms with van der Waals surface area (Å²) in [6.45, 7) is 7.31. The smallest absolute Gasteiger partial charge is 0.217 e. The molecule has 1 radical (unpaired) electrons. The number of hydrogen-bond acceptors (Lipinski definition) is 1. The fourth-order valence-electron chi connectivity index (χ4n) is 0.708. The first-order valence-corrected chi connectivity index (χ1v) is 3.27. The van der Waals surface area contributed by atoms with E-state index >= 15 is 0 Å². The molecule has 0 aromatic heterocycles. The van der Waals surface area contributed by atoms with E-state index in [4.69, 9.17) is 0 Å². The molecule has 1 amide bonds. The van der Waals surface area contributed by atoms with Crippen molar-refractivity contribution in [2.75, 3.05) is 0 Å². The van der Waals surface area contributed by atoms with Gasteiger partial charge in [-0.1, -0.05) is 13.3 Å². The lowest BCUT2D eigenvalue weighted by Gasteiger charge is -2.09. The molecule has 0 bridgehead atoms. The van der Waals surface area contributed by atoms with Crippen LogP contribution in [-0.2, 0) is 4.79 Å². The molecule has 0 aliphatic rings. The van der Waals surface area contributed by atoms with E-state index in [1.54, 1.807) is 0 Å². The molecule has 1 unspecified atom stereocenters. The molecule has 0 saturated heterocycles. The predicted molar refractivity (Wildman–Crippen MR) is 37.9 cm³/mol. The molecule has 0 aliphatic heterocycles. The zero-order valence-corrected chi connectivity index (χ0v) is 6.11. The Kier molecular flexibility index (Phi) is 4.10. The third kappa shape index (κ3) is 5.34. The summed E-state index contributed by atoms with van der Waals surface area (Å²) in [4.78, 5) is 10.4. The van der Waals surface area contributed by atoms with Crippen LogP contribution in [0.15, 0.2) is 0 Å². The maximum absolute atomic E-state index is 10.4.